The van der Waals surface area contributed by atoms with Crippen molar-refractivity contribution < 1.29 is 4.74 Å². The van der Waals surface area contributed by atoms with E-state index in [4.69, 9.17) is 4.74 Å². The molecular formula is C21H19N7O. The number of anilines is 1. The number of hydrazone groups is 1. The van der Waals surface area contributed by atoms with E-state index in [9.17, 15) is 0 Å². The minimum absolute atomic E-state index is 0.329. The van der Waals surface area contributed by atoms with Gasteiger partial charge in [0.05, 0.1) is 13.3 Å². The topological polar surface area (TPSA) is 93.0 Å². The molecule has 8 heteroatoms. The number of H-pyrrole nitrogens is 1. The molecular weight excluding hydrogens is 366 g/mol. The zero-order chi connectivity index (χ0) is 20.0. The van der Waals surface area contributed by atoms with Gasteiger partial charge in [0.1, 0.15) is 11.3 Å². The Kier molecular flexibility index (Phi) is 3.90. The highest BCUT2D eigenvalue weighted by atomic mass is 16.5. The van der Waals surface area contributed by atoms with Crippen LogP contribution in [0, 0.1) is 6.92 Å². The summed E-state index contributed by atoms with van der Waals surface area (Å²) in [7, 11) is 3.70. The molecule has 5 aromatic rings. The number of methoxy groups -OCH3 is 1. The quantitative estimate of drug-likeness (QED) is 0.363. The Hall–Kier alpha value is -3.94. The molecule has 144 valence electrons. The highest BCUT2D eigenvalue weighted by Crippen LogP contribution is 2.27. The molecule has 0 aliphatic rings. The first-order chi connectivity index (χ1) is 14.2. The van der Waals surface area contributed by atoms with Crippen molar-refractivity contribution in [3.05, 3.63) is 53.7 Å². The van der Waals surface area contributed by atoms with Gasteiger partial charge in [-0.15, -0.1) is 10.2 Å². The van der Waals surface area contributed by atoms with Gasteiger partial charge in [-0.2, -0.15) is 10.1 Å². The zero-order valence-electron chi connectivity index (χ0n) is 16.3. The molecule has 8 nitrogen and oxygen atoms in total. The summed E-state index contributed by atoms with van der Waals surface area (Å²) < 4.78 is 7.49. The lowest BCUT2D eigenvalue weighted by Gasteiger charge is -2.00. The first-order valence-corrected chi connectivity index (χ1v) is 9.19. The van der Waals surface area contributed by atoms with Gasteiger partial charge in [0.15, 0.2) is 5.65 Å². The summed E-state index contributed by atoms with van der Waals surface area (Å²) >= 11 is 0. The van der Waals surface area contributed by atoms with E-state index in [1.54, 1.807) is 13.3 Å². The molecule has 29 heavy (non-hydrogen) atoms. The van der Waals surface area contributed by atoms with Gasteiger partial charge >= 0.3 is 0 Å². The predicted octanol–water partition coefficient (Wildman–Crippen LogP) is 3.76. The van der Waals surface area contributed by atoms with E-state index in [1.807, 2.05) is 49.5 Å². The van der Waals surface area contributed by atoms with Crippen LogP contribution in [0.2, 0.25) is 0 Å². The van der Waals surface area contributed by atoms with Crippen molar-refractivity contribution in [3.8, 4) is 5.75 Å². The van der Waals surface area contributed by atoms with Crippen molar-refractivity contribution in [1.29, 1.82) is 0 Å². The lowest BCUT2D eigenvalue weighted by molar-refractivity contribution is 0.415. The van der Waals surface area contributed by atoms with Gasteiger partial charge in [0, 0.05) is 40.1 Å². The number of aromatic nitrogens is 5. The Labute approximate surface area is 166 Å². The van der Waals surface area contributed by atoms with Crippen molar-refractivity contribution in [2.24, 2.45) is 12.1 Å². The van der Waals surface area contributed by atoms with Crippen LogP contribution >= 0.6 is 0 Å². The van der Waals surface area contributed by atoms with Crippen molar-refractivity contribution in [2.75, 3.05) is 12.5 Å². The number of aromatic amines is 1. The van der Waals surface area contributed by atoms with Gasteiger partial charge in [-0.05, 0) is 31.2 Å². The second kappa shape index (κ2) is 6.59. The van der Waals surface area contributed by atoms with Crippen LogP contribution in [0.3, 0.4) is 0 Å². The number of para-hydroxylation sites is 1. The van der Waals surface area contributed by atoms with Gasteiger partial charge in [-0.1, -0.05) is 18.2 Å². The van der Waals surface area contributed by atoms with Gasteiger partial charge in [-0.3, -0.25) is 0 Å². The molecule has 0 aliphatic heterocycles. The normalized spacial score (nSPS) is 11.8. The predicted molar refractivity (Wildman–Crippen MR) is 115 cm³/mol. The standard InChI is InChI=1S/C21H19N7O/c1-12-16(15-10-13(29-3)8-9-18(15)28(12)2)11-22-26-21-24-20-19(25-27-21)14-6-4-5-7-17(14)23-20/h4-11H,1-3H3,(H2,23,24,26,27). The van der Waals surface area contributed by atoms with E-state index in [-0.39, 0.29) is 0 Å². The Morgan fingerprint density at radius 1 is 1.14 bits per heavy atom. The fraction of sp³-hybridized carbons (Fsp3) is 0.143. The number of nitrogens with one attached hydrogen (secondary N) is 2. The molecule has 2 N–H and O–H groups in total. The highest BCUT2D eigenvalue weighted by Gasteiger charge is 2.12. The molecule has 0 spiro atoms. The second-order valence-corrected chi connectivity index (χ2v) is 6.81. The zero-order valence-corrected chi connectivity index (χ0v) is 16.3. The van der Waals surface area contributed by atoms with Crippen LogP contribution in [0.5, 0.6) is 5.75 Å². The van der Waals surface area contributed by atoms with Crippen molar-refractivity contribution >= 4 is 45.1 Å². The second-order valence-electron chi connectivity index (χ2n) is 6.81. The molecule has 0 atom stereocenters. The van der Waals surface area contributed by atoms with Crippen LogP contribution in [0.15, 0.2) is 47.6 Å². The summed E-state index contributed by atoms with van der Waals surface area (Å²) in [5, 5.41) is 14.8. The maximum absolute atomic E-state index is 5.36. The number of aryl methyl sites for hydroxylation is 1. The number of benzene rings is 2. The molecule has 0 bridgehead atoms. The van der Waals surface area contributed by atoms with Crippen LogP contribution in [-0.2, 0) is 7.05 Å². The van der Waals surface area contributed by atoms with Gasteiger partial charge in [-0.25, -0.2) is 5.43 Å². The molecule has 0 aliphatic carbocycles. The van der Waals surface area contributed by atoms with Crippen LogP contribution in [0.1, 0.15) is 11.3 Å². The van der Waals surface area contributed by atoms with Crippen LogP contribution < -0.4 is 10.2 Å². The molecule has 0 amide bonds. The molecule has 2 aromatic carbocycles. The van der Waals surface area contributed by atoms with Crippen molar-refractivity contribution in [1.82, 2.24) is 24.7 Å². The third-order valence-electron chi connectivity index (χ3n) is 5.23. The number of fused-ring (bicyclic) bond motifs is 4. The van der Waals surface area contributed by atoms with E-state index in [1.165, 1.54) is 0 Å². The number of nitrogens with zero attached hydrogens (tertiary/aromatic N) is 5. The van der Waals surface area contributed by atoms with Crippen LogP contribution in [-0.4, -0.2) is 38.1 Å². The van der Waals surface area contributed by atoms with Crippen molar-refractivity contribution in [3.63, 3.8) is 0 Å². The summed E-state index contributed by atoms with van der Waals surface area (Å²) in [5.41, 5.74) is 8.50. The third-order valence-corrected chi connectivity index (χ3v) is 5.23. The van der Waals surface area contributed by atoms with Crippen molar-refractivity contribution in [2.45, 2.75) is 6.92 Å². The third kappa shape index (κ3) is 2.77. The fourth-order valence-electron chi connectivity index (χ4n) is 3.59. The minimum atomic E-state index is 0.329. The molecule has 0 unspecified atom stereocenters. The summed E-state index contributed by atoms with van der Waals surface area (Å²) in [5.74, 6) is 1.14. The summed E-state index contributed by atoms with van der Waals surface area (Å²) in [6.07, 6.45) is 1.77. The first kappa shape index (κ1) is 17.2. The summed E-state index contributed by atoms with van der Waals surface area (Å²) in [4.78, 5) is 7.73. The average Bonchev–Trinajstić information content (AvgIpc) is 3.23. The SMILES string of the molecule is COc1ccc2c(c1)c(C=NNc1nnc3c(n1)[nH]c1ccccc13)c(C)n2C. The lowest BCUT2D eigenvalue weighted by atomic mass is 10.1. The van der Waals surface area contributed by atoms with E-state index >= 15 is 0 Å². The van der Waals surface area contributed by atoms with E-state index in [0.29, 0.717) is 11.6 Å². The molecule has 3 heterocycles. The minimum Gasteiger partial charge on any atom is -0.497 e. The summed E-state index contributed by atoms with van der Waals surface area (Å²) in [6.45, 7) is 2.06. The van der Waals surface area contributed by atoms with E-state index < -0.39 is 0 Å². The van der Waals surface area contributed by atoms with Gasteiger partial charge in [0.25, 0.3) is 5.95 Å². The highest BCUT2D eigenvalue weighted by molar-refractivity contribution is 6.03. The molecule has 0 saturated heterocycles. The fourth-order valence-corrected chi connectivity index (χ4v) is 3.59. The Morgan fingerprint density at radius 3 is 2.86 bits per heavy atom. The Morgan fingerprint density at radius 2 is 2.00 bits per heavy atom. The van der Waals surface area contributed by atoms with Crippen LogP contribution in [0.4, 0.5) is 5.95 Å². The van der Waals surface area contributed by atoms with E-state index in [0.717, 1.165) is 44.3 Å². The van der Waals surface area contributed by atoms with E-state index in [2.05, 4.69) is 42.2 Å². The Balaban J connectivity index is 1.48. The smallest absolute Gasteiger partial charge is 0.265 e. The number of hydrogen-bond acceptors (Lipinski definition) is 6. The molecule has 0 saturated carbocycles. The van der Waals surface area contributed by atoms with Gasteiger partial charge in [0.2, 0.25) is 0 Å². The Bertz CT molecular complexity index is 1400. The number of hydrogen-bond donors (Lipinski definition) is 2. The average molecular weight is 385 g/mol. The summed E-state index contributed by atoms with van der Waals surface area (Å²) in [6, 6.07) is 13.9. The molecule has 0 radical (unpaired) electrons. The maximum atomic E-state index is 5.36. The number of ether oxygens (including phenoxy) is 1. The first-order valence-electron chi connectivity index (χ1n) is 9.19. The maximum Gasteiger partial charge on any atom is 0.265 e. The monoisotopic (exact) mass is 385 g/mol. The molecule has 3 aromatic heterocycles. The van der Waals surface area contributed by atoms with Crippen LogP contribution in [0.25, 0.3) is 33.0 Å². The number of rotatable bonds is 4. The molecule has 5 rings (SSSR count). The lowest BCUT2D eigenvalue weighted by Crippen LogP contribution is -1.99. The molecule has 0 fully saturated rings. The van der Waals surface area contributed by atoms with Gasteiger partial charge < -0.3 is 14.3 Å². The largest absolute Gasteiger partial charge is 0.497 e.